The quantitative estimate of drug-likeness (QED) is 0.805. The van der Waals surface area contributed by atoms with E-state index < -0.39 is 5.97 Å². The van der Waals surface area contributed by atoms with Crippen molar-refractivity contribution in [2.75, 3.05) is 14.1 Å². The molecule has 0 radical (unpaired) electrons. The van der Waals surface area contributed by atoms with Gasteiger partial charge in [-0.15, -0.1) is 0 Å². The third-order valence-corrected chi connectivity index (χ3v) is 3.19. The number of aromatic nitrogens is 2. The minimum absolute atomic E-state index is 0.0205. The zero-order valence-electron chi connectivity index (χ0n) is 9.68. The van der Waals surface area contributed by atoms with Crippen molar-refractivity contribution in [1.29, 1.82) is 0 Å². The maximum atomic E-state index is 10.7. The molecule has 5 nitrogen and oxygen atoms in total. The summed E-state index contributed by atoms with van der Waals surface area (Å²) in [4.78, 5) is 17.1. The molecule has 0 bridgehead atoms. The van der Waals surface area contributed by atoms with E-state index in [2.05, 4.69) is 24.0 Å². The van der Waals surface area contributed by atoms with Crippen LogP contribution in [0.2, 0.25) is 0 Å². The van der Waals surface area contributed by atoms with Crippen molar-refractivity contribution < 1.29 is 9.90 Å². The van der Waals surface area contributed by atoms with Gasteiger partial charge in [0, 0.05) is 30.9 Å². The standard InChI is InChI=1S/C11H17N3O2/c1-13(2)8-3-4-14-9(5-8)7-12-10(14)6-11(15)16/h7-8H,3-6H2,1-2H3,(H,15,16). The molecule has 0 aromatic carbocycles. The molecule has 1 atom stereocenters. The minimum atomic E-state index is -0.817. The largest absolute Gasteiger partial charge is 0.481 e. The van der Waals surface area contributed by atoms with Crippen LogP contribution in [0.3, 0.4) is 0 Å². The molecule has 0 fully saturated rings. The molecule has 1 unspecified atom stereocenters. The molecule has 0 aliphatic carbocycles. The average Bonchev–Trinajstić information content (AvgIpc) is 2.60. The van der Waals surface area contributed by atoms with Crippen molar-refractivity contribution in [3.8, 4) is 0 Å². The second-order valence-electron chi connectivity index (χ2n) is 4.50. The topological polar surface area (TPSA) is 58.4 Å². The van der Waals surface area contributed by atoms with Crippen LogP contribution in [0.15, 0.2) is 6.20 Å². The first-order valence-corrected chi connectivity index (χ1v) is 5.49. The van der Waals surface area contributed by atoms with Crippen molar-refractivity contribution in [3.63, 3.8) is 0 Å². The molecule has 0 amide bonds. The molecule has 0 saturated carbocycles. The third-order valence-electron chi connectivity index (χ3n) is 3.19. The van der Waals surface area contributed by atoms with E-state index in [1.165, 1.54) is 0 Å². The molecular weight excluding hydrogens is 206 g/mol. The Morgan fingerprint density at radius 1 is 1.69 bits per heavy atom. The average molecular weight is 223 g/mol. The van der Waals surface area contributed by atoms with E-state index in [9.17, 15) is 4.79 Å². The van der Waals surface area contributed by atoms with E-state index in [1.54, 1.807) is 0 Å². The summed E-state index contributed by atoms with van der Waals surface area (Å²) >= 11 is 0. The molecule has 2 heterocycles. The van der Waals surface area contributed by atoms with Crippen LogP contribution in [-0.4, -0.2) is 45.7 Å². The molecule has 1 N–H and O–H groups in total. The highest BCUT2D eigenvalue weighted by molar-refractivity contribution is 5.69. The predicted octanol–water partition coefficient (Wildman–Crippen LogP) is 0.387. The summed E-state index contributed by atoms with van der Waals surface area (Å²) in [5.41, 5.74) is 1.15. The van der Waals surface area contributed by atoms with E-state index >= 15 is 0 Å². The first-order valence-electron chi connectivity index (χ1n) is 5.49. The minimum Gasteiger partial charge on any atom is -0.481 e. The molecule has 16 heavy (non-hydrogen) atoms. The van der Waals surface area contributed by atoms with Crippen molar-refractivity contribution in [2.45, 2.75) is 31.8 Å². The fourth-order valence-corrected chi connectivity index (χ4v) is 2.23. The Kier molecular flexibility index (Phi) is 2.96. The van der Waals surface area contributed by atoms with E-state index in [-0.39, 0.29) is 6.42 Å². The van der Waals surface area contributed by atoms with Gasteiger partial charge >= 0.3 is 5.97 Å². The number of rotatable bonds is 3. The lowest BCUT2D eigenvalue weighted by atomic mass is 10.0. The van der Waals surface area contributed by atoms with E-state index in [4.69, 9.17) is 5.11 Å². The number of carbonyl (C=O) groups is 1. The Morgan fingerprint density at radius 2 is 2.44 bits per heavy atom. The van der Waals surface area contributed by atoms with Crippen LogP contribution >= 0.6 is 0 Å². The van der Waals surface area contributed by atoms with Gasteiger partial charge in [-0.25, -0.2) is 4.98 Å². The normalized spacial score (nSPS) is 19.8. The lowest BCUT2D eigenvalue weighted by Crippen LogP contribution is -2.35. The predicted molar refractivity (Wildman–Crippen MR) is 59.4 cm³/mol. The summed E-state index contributed by atoms with van der Waals surface area (Å²) in [6.07, 6.45) is 3.85. The Morgan fingerprint density at radius 3 is 3.06 bits per heavy atom. The molecule has 1 aromatic rings. The van der Waals surface area contributed by atoms with Crippen LogP contribution in [0, 0.1) is 0 Å². The van der Waals surface area contributed by atoms with Gasteiger partial charge < -0.3 is 14.6 Å². The van der Waals surface area contributed by atoms with Gasteiger partial charge in [-0.1, -0.05) is 0 Å². The number of nitrogens with zero attached hydrogens (tertiary/aromatic N) is 3. The van der Waals surface area contributed by atoms with Gasteiger partial charge in [0.1, 0.15) is 12.2 Å². The second-order valence-corrected chi connectivity index (χ2v) is 4.50. The lowest BCUT2D eigenvalue weighted by Gasteiger charge is -2.29. The zero-order chi connectivity index (χ0) is 11.7. The van der Waals surface area contributed by atoms with Gasteiger partial charge in [-0.2, -0.15) is 0 Å². The summed E-state index contributed by atoms with van der Waals surface area (Å²) < 4.78 is 2.05. The highest BCUT2D eigenvalue weighted by Crippen LogP contribution is 2.19. The van der Waals surface area contributed by atoms with Crippen molar-refractivity contribution in [3.05, 3.63) is 17.7 Å². The monoisotopic (exact) mass is 223 g/mol. The Labute approximate surface area is 94.7 Å². The lowest BCUT2D eigenvalue weighted by molar-refractivity contribution is -0.136. The first kappa shape index (κ1) is 11.1. The fraction of sp³-hybridized carbons (Fsp3) is 0.636. The number of hydrogen-bond donors (Lipinski definition) is 1. The van der Waals surface area contributed by atoms with Gasteiger partial charge in [0.2, 0.25) is 0 Å². The first-order chi connectivity index (χ1) is 7.58. The Bertz CT molecular complexity index is 398. The number of carboxylic acid groups (broad SMARTS) is 1. The highest BCUT2D eigenvalue weighted by atomic mass is 16.4. The maximum absolute atomic E-state index is 10.7. The fourth-order valence-electron chi connectivity index (χ4n) is 2.23. The van der Waals surface area contributed by atoms with Crippen molar-refractivity contribution in [1.82, 2.24) is 14.5 Å². The van der Waals surface area contributed by atoms with Gasteiger partial charge in [0.05, 0.1) is 0 Å². The van der Waals surface area contributed by atoms with Crippen LogP contribution < -0.4 is 0 Å². The number of fused-ring (bicyclic) bond motifs is 1. The number of aliphatic carboxylic acids is 1. The molecule has 1 aromatic heterocycles. The number of likely N-dealkylation sites (N-methyl/N-ethyl adjacent to an activating group) is 1. The Balaban J connectivity index is 2.17. The third kappa shape index (κ3) is 2.09. The summed E-state index contributed by atoms with van der Waals surface area (Å²) in [7, 11) is 4.16. The molecule has 1 aliphatic heterocycles. The van der Waals surface area contributed by atoms with E-state index in [0.717, 1.165) is 25.1 Å². The van der Waals surface area contributed by atoms with Gasteiger partial charge in [-0.3, -0.25) is 4.79 Å². The number of imidazole rings is 1. The van der Waals surface area contributed by atoms with Crippen LogP contribution in [0.4, 0.5) is 0 Å². The molecule has 0 spiro atoms. The van der Waals surface area contributed by atoms with Crippen LogP contribution in [0.25, 0.3) is 0 Å². The van der Waals surface area contributed by atoms with Crippen LogP contribution in [0.1, 0.15) is 17.9 Å². The summed E-state index contributed by atoms with van der Waals surface area (Å²) in [5, 5.41) is 8.77. The molecule has 5 heteroatoms. The smallest absolute Gasteiger partial charge is 0.311 e. The summed E-state index contributed by atoms with van der Waals surface area (Å²) in [5.74, 6) is -0.136. The number of hydrogen-bond acceptors (Lipinski definition) is 3. The van der Waals surface area contributed by atoms with Crippen LogP contribution in [0.5, 0.6) is 0 Å². The SMILES string of the molecule is CN(C)C1CCn2c(cnc2CC(=O)O)C1. The van der Waals surface area contributed by atoms with Crippen LogP contribution in [-0.2, 0) is 24.2 Å². The molecule has 88 valence electrons. The van der Waals surface area contributed by atoms with E-state index in [1.807, 2.05) is 10.8 Å². The van der Waals surface area contributed by atoms with Crippen molar-refractivity contribution in [2.24, 2.45) is 0 Å². The van der Waals surface area contributed by atoms with Gasteiger partial charge in [0.15, 0.2) is 0 Å². The summed E-state index contributed by atoms with van der Waals surface area (Å²) in [6.45, 7) is 0.876. The van der Waals surface area contributed by atoms with Crippen molar-refractivity contribution >= 4 is 5.97 Å². The summed E-state index contributed by atoms with van der Waals surface area (Å²) in [6, 6.07) is 0.543. The molecular formula is C11H17N3O2. The molecule has 1 aliphatic rings. The number of carboxylic acids is 1. The van der Waals surface area contributed by atoms with Gasteiger partial charge in [-0.05, 0) is 20.5 Å². The van der Waals surface area contributed by atoms with Gasteiger partial charge in [0.25, 0.3) is 0 Å². The molecule has 0 saturated heterocycles. The Hall–Kier alpha value is -1.36. The molecule has 2 rings (SSSR count). The highest BCUT2D eigenvalue weighted by Gasteiger charge is 2.23. The second kappa shape index (κ2) is 4.25. The zero-order valence-corrected chi connectivity index (χ0v) is 9.68. The maximum Gasteiger partial charge on any atom is 0.311 e. The van der Waals surface area contributed by atoms with E-state index in [0.29, 0.717) is 11.9 Å².